The van der Waals surface area contributed by atoms with Crippen LogP contribution in [-0.4, -0.2) is 25.3 Å². The third-order valence-electron chi connectivity index (χ3n) is 1.51. The fourth-order valence-corrected chi connectivity index (χ4v) is 0.903. The third kappa shape index (κ3) is 2.45. The lowest BCUT2D eigenvalue weighted by atomic mass is 10.2. The van der Waals surface area contributed by atoms with Gasteiger partial charge in [0.2, 0.25) is 0 Å². The fourth-order valence-electron chi connectivity index (χ4n) is 0.903. The predicted octanol–water partition coefficient (Wildman–Crippen LogP) is 0.728. The Kier molecular flexibility index (Phi) is 2.83. The quantitative estimate of drug-likeness (QED) is 0.585. The summed E-state index contributed by atoms with van der Waals surface area (Å²) < 4.78 is 10.1. The van der Waals surface area contributed by atoms with Crippen LogP contribution in [0.4, 0.5) is 0 Å². The van der Waals surface area contributed by atoms with E-state index in [0.717, 1.165) is 6.42 Å². The second-order valence-corrected chi connectivity index (χ2v) is 2.52. The molecule has 58 valence electrons. The highest BCUT2D eigenvalue weighted by atomic mass is 16.7. The molecule has 0 aromatic heterocycles. The molecule has 1 unspecified atom stereocenters. The number of ether oxygens (including phenoxy) is 2. The van der Waals surface area contributed by atoms with Crippen LogP contribution in [0.1, 0.15) is 19.8 Å². The van der Waals surface area contributed by atoms with Gasteiger partial charge in [-0.15, -0.1) is 0 Å². The van der Waals surface area contributed by atoms with E-state index in [1.165, 1.54) is 0 Å². The molecule has 0 aromatic carbocycles. The molecule has 0 N–H and O–H groups in total. The van der Waals surface area contributed by atoms with Crippen LogP contribution in [0.25, 0.3) is 0 Å². The van der Waals surface area contributed by atoms with E-state index in [2.05, 4.69) is 0 Å². The summed E-state index contributed by atoms with van der Waals surface area (Å²) >= 11 is 0. The summed E-state index contributed by atoms with van der Waals surface area (Å²) in [5.74, 6) is 0.218. The number of rotatable bonds is 3. The molecule has 1 aliphatic rings. The standard InChI is InChI=1S/C7H12O3/c1-6(8)2-3-7-4-9-5-10-7/h7H,2-5H2,1H3. The molecular weight excluding hydrogens is 132 g/mol. The Morgan fingerprint density at radius 3 is 3.00 bits per heavy atom. The van der Waals surface area contributed by atoms with Crippen LogP contribution in [0, 0.1) is 0 Å². The molecule has 0 aliphatic carbocycles. The SMILES string of the molecule is CC(=O)CCC1COCO1. The van der Waals surface area contributed by atoms with E-state index in [4.69, 9.17) is 9.47 Å². The molecule has 1 rings (SSSR count). The summed E-state index contributed by atoms with van der Waals surface area (Å²) in [7, 11) is 0. The lowest BCUT2D eigenvalue weighted by molar-refractivity contribution is -0.117. The first-order valence-electron chi connectivity index (χ1n) is 3.48. The van der Waals surface area contributed by atoms with Gasteiger partial charge in [0, 0.05) is 6.42 Å². The van der Waals surface area contributed by atoms with Gasteiger partial charge in [0.05, 0.1) is 12.7 Å². The van der Waals surface area contributed by atoms with Crippen molar-refractivity contribution in [3.8, 4) is 0 Å². The Balaban J connectivity index is 2.07. The first-order chi connectivity index (χ1) is 4.79. The Morgan fingerprint density at radius 2 is 2.50 bits per heavy atom. The van der Waals surface area contributed by atoms with Crippen molar-refractivity contribution < 1.29 is 14.3 Å². The number of carbonyl (C=O) groups is 1. The number of carbonyl (C=O) groups excluding carboxylic acids is 1. The first-order valence-corrected chi connectivity index (χ1v) is 3.48. The largest absolute Gasteiger partial charge is 0.353 e. The van der Waals surface area contributed by atoms with Crippen LogP contribution in [0.2, 0.25) is 0 Å². The van der Waals surface area contributed by atoms with Crippen LogP contribution in [-0.2, 0) is 14.3 Å². The molecule has 3 nitrogen and oxygen atoms in total. The highest BCUT2D eigenvalue weighted by Gasteiger charge is 2.15. The van der Waals surface area contributed by atoms with Gasteiger partial charge in [0.15, 0.2) is 0 Å². The first kappa shape index (κ1) is 7.69. The molecule has 0 amide bonds. The summed E-state index contributed by atoms with van der Waals surface area (Å²) in [6, 6.07) is 0. The van der Waals surface area contributed by atoms with Gasteiger partial charge >= 0.3 is 0 Å². The van der Waals surface area contributed by atoms with Crippen molar-refractivity contribution in [2.75, 3.05) is 13.4 Å². The van der Waals surface area contributed by atoms with Gasteiger partial charge in [-0.3, -0.25) is 0 Å². The van der Waals surface area contributed by atoms with E-state index < -0.39 is 0 Å². The van der Waals surface area contributed by atoms with Crippen molar-refractivity contribution in [1.82, 2.24) is 0 Å². The predicted molar refractivity (Wildman–Crippen MR) is 35.6 cm³/mol. The summed E-state index contributed by atoms with van der Waals surface area (Å²) in [4.78, 5) is 10.5. The van der Waals surface area contributed by atoms with Gasteiger partial charge < -0.3 is 14.3 Å². The molecule has 0 bridgehead atoms. The van der Waals surface area contributed by atoms with Crippen molar-refractivity contribution in [3.05, 3.63) is 0 Å². The van der Waals surface area contributed by atoms with Gasteiger partial charge in [-0.1, -0.05) is 0 Å². The van der Waals surface area contributed by atoms with Crippen molar-refractivity contribution in [3.63, 3.8) is 0 Å². The zero-order valence-corrected chi connectivity index (χ0v) is 6.13. The minimum Gasteiger partial charge on any atom is -0.353 e. The Labute approximate surface area is 60.3 Å². The van der Waals surface area contributed by atoms with Crippen molar-refractivity contribution in [2.24, 2.45) is 0 Å². The van der Waals surface area contributed by atoms with Crippen molar-refractivity contribution >= 4 is 5.78 Å². The molecule has 0 saturated carbocycles. The molecule has 1 saturated heterocycles. The van der Waals surface area contributed by atoms with E-state index in [0.29, 0.717) is 19.8 Å². The maximum absolute atomic E-state index is 10.5. The van der Waals surface area contributed by atoms with E-state index in [1.807, 2.05) is 0 Å². The summed E-state index contributed by atoms with van der Waals surface area (Å²) in [6.45, 7) is 2.63. The zero-order chi connectivity index (χ0) is 7.40. The van der Waals surface area contributed by atoms with Crippen molar-refractivity contribution in [2.45, 2.75) is 25.9 Å². The van der Waals surface area contributed by atoms with Gasteiger partial charge in [-0.25, -0.2) is 0 Å². The smallest absolute Gasteiger partial charge is 0.147 e. The summed E-state index contributed by atoms with van der Waals surface area (Å²) in [5, 5.41) is 0. The minimum atomic E-state index is 0.156. The molecule has 1 heterocycles. The Bertz CT molecular complexity index is 116. The molecule has 0 spiro atoms. The van der Waals surface area contributed by atoms with E-state index in [9.17, 15) is 4.79 Å². The van der Waals surface area contributed by atoms with E-state index in [-0.39, 0.29) is 11.9 Å². The lowest BCUT2D eigenvalue weighted by Gasteiger charge is -2.03. The topological polar surface area (TPSA) is 35.5 Å². The summed E-state index contributed by atoms with van der Waals surface area (Å²) in [6.07, 6.45) is 1.56. The highest BCUT2D eigenvalue weighted by molar-refractivity contribution is 5.75. The molecule has 10 heavy (non-hydrogen) atoms. The molecule has 1 fully saturated rings. The molecule has 0 aromatic rings. The maximum atomic E-state index is 10.5. The maximum Gasteiger partial charge on any atom is 0.147 e. The fraction of sp³-hybridized carbons (Fsp3) is 0.857. The Hall–Kier alpha value is -0.410. The van der Waals surface area contributed by atoms with E-state index in [1.54, 1.807) is 6.92 Å². The highest BCUT2D eigenvalue weighted by Crippen LogP contribution is 2.09. The molecular formula is C7H12O3. The summed E-state index contributed by atoms with van der Waals surface area (Å²) in [5.41, 5.74) is 0. The minimum absolute atomic E-state index is 0.156. The normalized spacial score (nSPS) is 25.1. The monoisotopic (exact) mass is 144 g/mol. The number of ketones is 1. The number of hydrogen-bond donors (Lipinski definition) is 0. The molecule has 1 aliphatic heterocycles. The van der Waals surface area contributed by atoms with Gasteiger partial charge in [0.25, 0.3) is 0 Å². The molecule has 3 heteroatoms. The van der Waals surface area contributed by atoms with Crippen LogP contribution < -0.4 is 0 Å². The van der Waals surface area contributed by atoms with Crippen LogP contribution in [0.3, 0.4) is 0 Å². The van der Waals surface area contributed by atoms with Crippen LogP contribution in [0.5, 0.6) is 0 Å². The second-order valence-electron chi connectivity index (χ2n) is 2.52. The number of hydrogen-bond acceptors (Lipinski definition) is 3. The molecule has 1 atom stereocenters. The van der Waals surface area contributed by atoms with Crippen LogP contribution >= 0.6 is 0 Å². The third-order valence-corrected chi connectivity index (χ3v) is 1.51. The average Bonchev–Trinajstić information content (AvgIpc) is 2.34. The lowest BCUT2D eigenvalue weighted by Crippen LogP contribution is -2.10. The second kappa shape index (κ2) is 3.68. The van der Waals surface area contributed by atoms with Gasteiger partial charge in [-0.05, 0) is 13.3 Å². The Morgan fingerprint density at radius 1 is 1.70 bits per heavy atom. The van der Waals surface area contributed by atoms with Crippen LogP contribution in [0.15, 0.2) is 0 Å². The molecule has 0 radical (unpaired) electrons. The van der Waals surface area contributed by atoms with Gasteiger partial charge in [0.1, 0.15) is 12.6 Å². The average molecular weight is 144 g/mol. The van der Waals surface area contributed by atoms with Gasteiger partial charge in [-0.2, -0.15) is 0 Å². The van der Waals surface area contributed by atoms with Crippen molar-refractivity contribution in [1.29, 1.82) is 0 Å². The zero-order valence-electron chi connectivity index (χ0n) is 6.13. The number of Topliss-reactive ketones (excluding diaryl/α,β-unsaturated/α-hetero) is 1. The van der Waals surface area contributed by atoms with E-state index >= 15 is 0 Å².